The fourth-order valence-corrected chi connectivity index (χ4v) is 4.18. The van der Waals surface area contributed by atoms with Gasteiger partial charge >= 0.3 is 0 Å². The van der Waals surface area contributed by atoms with E-state index in [0.717, 1.165) is 37.4 Å². The molecule has 2 aliphatic rings. The standard InChI is InChI=1S/C18H21N3O2S/c22-18(15-5-10-24-13-15)21-8-9-23-16-12-20(7-4-14(16)11-21)17-3-1-2-6-19-17/h1-3,5-6,10,13-14,16H,4,7-9,11-12H2/t14-,16-/m0/s1. The summed E-state index contributed by atoms with van der Waals surface area (Å²) in [6.45, 7) is 3.87. The van der Waals surface area contributed by atoms with Crippen LogP contribution in [0, 0.1) is 5.92 Å². The molecule has 0 unspecified atom stereocenters. The van der Waals surface area contributed by atoms with Gasteiger partial charge in [-0.05, 0) is 30.0 Å². The minimum atomic E-state index is 0.132. The van der Waals surface area contributed by atoms with Crippen LogP contribution in [-0.4, -0.2) is 54.7 Å². The highest BCUT2D eigenvalue weighted by Gasteiger charge is 2.35. The summed E-state index contributed by atoms with van der Waals surface area (Å²) in [5, 5.41) is 3.88. The molecule has 2 atom stereocenters. The highest BCUT2D eigenvalue weighted by molar-refractivity contribution is 7.08. The highest BCUT2D eigenvalue weighted by atomic mass is 32.1. The van der Waals surface area contributed by atoms with E-state index in [1.54, 1.807) is 11.3 Å². The molecule has 0 bridgehead atoms. The van der Waals surface area contributed by atoms with Crippen molar-refractivity contribution in [2.45, 2.75) is 12.5 Å². The zero-order valence-electron chi connectivity index (χ0n) is 13.5. The monoisotopic (exact) mass is 343 g/mol. The molecule has 0 saturated carbocycles. The summed E-state index contributed by atoms with van der Waals surface area (Å²) < 4.78 is 6.10. The predicted molar refractivity (Wildman–Crippen MR) is 94.5 cm³/mol. The van der Waals surface area contributed by atoms with Crippen molar-refractivity contribution in [2.24, 2.45) is 5.92 Å². The van der Waals surface area contributed by atoms with Gasteiger partial charge in [-0.3, -0.25) is 4.79 Å². The second-order valence-corrected chi connectivity index (χ2v) is 7.14. The molecule has 2 fully saturated rings. The van der Waals surface area contributed by atoms with E-state index < -0.39 is 0 Å². The van der Waals surface area contributed by atoms with Crippen molar-refractivity contribution in [2.75, 3.05) is 37.7 Å². The third-order valence-electron chi connectivity index (χ3n) is 4.87. The molecule has 126 valence electrons. The van der Waals surface area contributed by atoms with E-state index >= 15 is 0 Å². The van der Waals surface area contributed by atoms with Gasteiger partial charge in [0.1, 0.15) is 5.82 Å². The van der Waals surface area contributed by atoms with Gasteiger partial charge < -0.3 is 14.5 Å². The molecule has 4 heterocycles. The summed E-state index contributed by atoms with van der Waals surface area (Å²) in [4.78, 5) is 21.3. The van der Waals surface area contributed by atoms with Gasteiger partial charge in [0.25, 0.3) is 5.91 Å². The van der Waals surface area contributed by atoms with E-state index in [1.807, 2.05) is 46.1 Å². The smallest absolute Gasteiger partial charge is 0.254 e. The van der Waals surface area contributed by atoms with E-state index in [1.165, 1.54) is 0 Å². The van der Waals surface area contributed by atoms with Crippen LogP contribution in [0.1, 0.15) is 16.8 Å². The molecule has 0 aliphatic carbocycles. The van der Waals surface area contributed by atoms with Crippen LogP contribution in [-0.2, 0) is 4.74 Å². The minimum absolute atomic E-state index is 0.132. The van der Waals surface area contributed by atoms with Crippen LogP contribution < -0.4 is 4.90 Å². The topological polar surface area (TPSA) is 45.7 Å². The first-order valence-electron chi connectivity index (χ1n) is 8.40. The van der Waals surface area contributed by atoms with Crippen LogP contribution >= 0.6 is 11.3 Å². The fourth-order valence-electron chi connectivity index (χ4n) is 3.55. The van der Waals surface area contributed by atoms with Gasteiger partial charge in [-0.15, -0.1) is 0 Å². The van der Waals surface area contributed by atoms with Crippen molar-refractivity contribution in [3.05, 3.63) is 46.8 Å². The van der Waals surface area contributed by atoms with Gasteiger partial charge in [0.15, 0.2) is 0 Å². The summed E-state index contributed by atoms with van der Waals surface area (Å²) in [5.74, 6) is 1.54. The number of carbonyl (C=O) groups is 1. The molecule has 2 aliphatic heterocycles. The van der Waals surface area contributed by atoms with Crippen molar-refractivity contribution in [3.8, 4) is 0 Å². The Morgan fingerprint density at radius 3 is 3.00 bits per heavy atom. The Morgan fingerprint density at radius 1 is 1.25 bits per heavy atom. The van der Waals surface area contributed by atoms with Gasteiger partial charge in [0.05, 0.1) is 18.3 Å². The number of anilines is 1. The van der Waals surface area contributed by atoms with Crippen LogP contribution in [0.5, 0.6) is 0 Å². The van der Waals surface area contributed by atoms with Gasteiger partial charge in [0, 0.05) is 43.7 Å². The first-order chi connectivity index (χ1) is 11.8. The van der Waals surface area contributed by atoms with Crippen molar-refractivity contribution in [1.82, 2.24) is 9.88 Å². The molecule has 2 aromatic rings. The maximum absolute atomic E-state index is 12.6. The van der Waals surface area contributed by atoms with Crippen LogP contribution in [0.3, 0.4) is 0 Å². The number of pyridine rings is 1. The SMILES string of the molecule is O=C(c1ccsc1)N1CCO[C@H]2CN(c3ccccn3)CC[C@H]2C1. The third-order valence-corrected chi connectivity index (χ3v) is 5.56. The molecular weight excluding hydrogens is 322 g/mol. The number of hydrogen-bond donors (Lipinski definition) is 0. The number of amides is 1. The first-order valence-corrected chi connectivity index (χ1v) is 9.34. The summed E-state index contributed by atoms with van der Waals surface area (Å²) >= 11 is 1.57. The quantitative estimate of drug-likeness (QED) is 0.841. The van der Waals surface area contributed by atoms with Gasteiger partial charge in [0.2, 0.25) is 0 Å². The third kappa shape index (κ3) is 3.16. The maximum Gasteiger partial charge on any atom is 0.254 e. The zero-order chi connectivity index (χ0) is 16.4. The van der Waals surface area contributed by atoms with Gasteiger partial charge in [-0.25, -0.2) is 4.98 Å². The zero-order valence-corrected chi connectivity index (χ0v) is 14.3. The number of ether oxygens (including phenoxy) is 1. The number of aromatic nitrogens is 1. The number of hydrogen-bond acceptors (Lipinski definition) is 5. The average Bonchev–Trinajstić information content (AvgIpc) is 3.08. The number of fused-ring (bicyclic) bond motifs is 1. The lowest BCUT2D eigenvalue weighted by Gasteiger charge is -2.38. The minimum Gasteiger partial charge on any atom is -0.374 e. The van der Waals surface area contributed by atoms with Gasteiger partial charge in [-0.2, -0.15) is 11.3 Å². The average molecular weight is 343 g/mol. The molecule has 24 heavy (non-hydrogen) atoms. The van der Waals surface area contributed by atoms with Crippen molar-refractivity contribution in [1.29, 1.82) is 0 Å². The number of carbonyl (C=O) groups excluding carboxylic acids is 1. The molecule has 0 N–H and O–H groups in total. The molecule has 0 aromatic carbocycles. The lowest BCUT2D eigenvalue weighted by atomic mass is 9.93. The largest absolute Gasteiger partial charge is 0.374 e. The molecule has 5 nitrogen and oxygen atoms in total. The van der Waals surface area contributed by atoms with E-state index in [4.69, 9.17) is 4.74 Å². The number of piperidine rings is 1. The van der Waals surface area contributed by atoms with E-state index in [2.05, 4.69) is 9.88 Å². The first kappa shape index (κ1) is 15.6. The van der Waals surface area contributed by atoms with Crippen molar-refractivity contribution < 1.29 is 9.53 Å². The second kappa shape index (κ2) is 6.91. The lowest BCUT2D eigenvalue weighted by molar-refractivity contribution is 0.0251. The van der Waals surface area contributed by atoms with Crippen LogP contribution in [0.15, 0.2) is 41.2 Å². The summed E-state index contributed by atoms with van der Waals surface area (Å²) in [7, 11) is 0. The predicted octanol–water partition coefficient (Wildman–Crippen LogP) is 2.51. The van der Waals surface area contributed by atoms with E-state index in [-0.39, 0.29) is 12.0 Å². The maximum atomic E-state index is 12.6. The Balaban J connectivity index is 1.44. The molecule has 0 spiro atoms. The summed E-state index contributed by atoms with van der Waals surface area (Å²) in [6, 6.07) is 7.90. The molecule has 1 amide bonds. The Labute approximate surface area is 145 Å². The summed E-state index contributed by atoms with van der Waals surface area (Å²) in [5.41, 5.74) is 0.796. The fraction of sp³-hybridized carbons (Fsp3) is 0.444. The van der Waals surface area contributed by atoms with Crippen LogP contribution in [0.4, 0.5) is 5.82 Å². The Bertz CT molecular complexity index is 677. The van der Waals surface area contributed by atoms with Crippen LogP contribution in [0.25, 0.3) is 0 Å². The number of nitrogens with zero attached hydrogens (tertiary/aromatic N) is 3. The molecular formula is C18H21N3O2S. The molecule has 4 rings (SSSR count). The Kier molecular flexibility index (Phi) is 4.49. The van der Waals surface area contributed by atoms with Crippen molar-refractivity contribution in [3.63, 3.8) is 0 Å². The van der Waals surface area contributed by atoms with E-state index in [0.29, 0.717) is 19.1 Å². The molecule has 0 radical (unpaired) electrons. The molecule has 2 saturated heterocycles. The normalized spacial score (nSPS) is 24.3. The Morgan fingerprint density at radius 2 is 2.21 bits per heavy atom. The van der Waals surface area contributed by atoms with E-state index in [9.17, 15) is 4.79 Å². The van der Waals surface area contributed by atoms with Crippen molar-refractivity contribution >= 4 is 23.1 Å². The second-order valence-electron chi connectivity index (χ2n) is 6.36. The van der Waals surface area contributed by atoms with Crippen LogP contribution in [0.2, 0.25) is 0 Å². The lowest BCUT2D eigenvalue weighted by Crippen LogP contribution is -2.47. The molecule has 2 aromatic heterocycles. The molecule has 6 heteroatoms. The number of rotatable bonds is 2. The van der Waals surface area contributed by atoms with Gasteiger partial charge in [-0.1, -0.05) is 6.07 Å². The Hall–Kier alpha value is -1.92. The number of thiophene rings is 1. The summed E-state index contributed by atoms with van der Waals surface area (Å²) in [6.07, 6.45) is 3.02. The highest BCUT2D eigenvalue weighted by Crippen LogP contribution is 2.27.